The first-order valence-electron chi connectivity index (χ1n) is 4.33. The molecule has 0 N–H and O–H groups in total. The summed E-state index contributed by atoms with van der Waals surface area (Å²) in [7, 11) is 0. The van der Waals surface area contributed by atoms with Crippen molar-refractivity contribution in [1.82, 2.24) is 0 Å². The Hall–Kier alpha value is -1.09. The third kappa shape index (κ3) is 3.34. The van der Waals surface area contributed by atoms with Crippen molar-refractivity contribution in [2.45, 2.75) is 13.8 Å². The summed E-state index contributed by atoms with van der Waals surface area (Å²) in [6, 6.07) is 7.40. The normalized spacial score (nSPS) is 9.86. The van der Waals surface area contributed by atoms with Crippen molar-refractivity contribution in [3.63, 3.8) is 0 Å². The first-order valence-corrected chi connectivity index (χ1v) is 5.31. The molecule has 1 rings (SSSR count). The third-order valence-corrected chi connectivity index (χ3v) is 2.56. The highest BCUT2D eigenvalue weighted by molar-refractivity contribution is 8.14. The Balaban J connectivity index is 2.65. The van der Waals surface area contributed by atoms with E-state index < -0.39 is 0 Å². The van der Waals surface area contributed by atoms with Crippen LogP contribution in [0.25, 0.3) is 0 Å². The van der Waals surface area contributed by atoms with Gasteiger partial charge in [-0.25, -0.2) is 0 Å². The van der Waals surface area contributed by atoms with E-state index in [0.717, 1.165) is 17.3 Å². The van der Waals surface area contributed by atoms with Gasteiger partial charge in [0.25, 0.3) is 0 Å². The Morgan fingerprint density at radius 3 is 2.64 bits per heavy atom. The van der Waals surface area contributed by atoms with Gasteiger partial charge < -0.3 is 0 Å². The topological polar surface area (TPSA) is 34.1 Å². The molecule has 0 amide bonds. The Morgan fingerprint density at radius 1 is 1.36 bits per heavy atom. The van der Waals surface area contributed by atoms with Gasteiger partial charge in [-0.1, -0.05) is 35.5 Å². The lowest BCUT2D eigenvalue weighted by Crippen LogP contribution is -2.03. The molecule has 0 aromatic heterocycles. The standard InChI is InChI=1S/C11H12O2S/c1-8-4-3-5-10(6-8)11(13)7-14-9(2)12/h3-6H,7H2,1-2H3. The second-order valence-electron chi connectivity index (χ2n) is 3.07. The van der Waals surface area contributed by atoms with Gasteiger partial charge in [0.1, 0.15) is 0 Å². The van der Waals surface area contributed by atoms with E-state index in [4.69, 9.17) is 0 Å². The lowest BCUT2D eigenvalue weighted by Gasteiger charge is -2.00. The van der Waals surface area contributed by atoms with Crippen LogP contribution in [-0.4, -0.2) is 16.7 Å². The monoisotopic (exact) mass is 208 g/mol. The minimum atomic E-state index is -0.0222. The number of aryl methyl sites for hydroxylation is 1. The third-order valence-electron chi connectivity index (χ3n) is 1.75. The quantitative estimate of drug-likeness (QED) is 0.715. The zero-order chi connectivity index (χ0) is 10.6. The van der Waals surface area contributed by atoms with E-state index in [9.17, 15) is 9.59 Å². The molecule has 14 heavy (non-hydrogen) atoms. The molecule has 74 valence electrons. The van der Waals surface area contributed by atoms with Crippen LogP contribution in [0.4, 0.5) is 0 Å². The number of hydrogen-bond acceptors (Lipinski definition) is 3. The molecular weight excluding hydrogens is 196 g/mol. The summed E-state index contributed by atoms with van der Waals surface area (Å²) in [6.45, 7) is 3.41. The summed E-state index contributed by atoms with van der Waals surface area (Å²) in [5.74, 6) is 0.243. The number of ketones is 1. The molecule has 0 atom stereocenters. The van der Waals surface area contributed by atoms with E-state index in [2.05, 4.69) is 0 Å². The van der Waals surface area contributed by atoms with Gasteiger partial charge >= 0.3 is 0 Å². The maximum atomic E-state index is 11.5. The highest BCUT2D eigenvalue weighted by Crippen LogP contribution is 2.09. The van der Waals surface area contributed by atoms with Crippen LogP contribution in [0, 0.1) is 6.92 Å². The minimum Gasteiger partial charge on any atom is -0.293 e. The number of hydrogen-bond donors (Lipinski definition) is 0. The summed E-state index contributed by atoms with van der Waals surface area (Å²) in [6.07, 6.45) is 0. The first-order chi connectivity index (χ1) is 6.59. The van der Waals surface area contributed by atoms with Crippen LogP contribution in [-0.2, 0) is 4.79 Å². The smallest absolute Gasteiger partial charge is 0.186 e. The molecule has 0 aliphatic carbocycles. The molecule has 0 saturated heterocycles. The van der Waals surface area contributed by atoms with Crippen LogP contribution in [0.2, 0.25) is 0 Å². The molecule has 3 heteroatoms. The van der Waals surface area contributed by atoms with Gasteiger partial charge in [0.2, 0.25) is 0 Å². The molecule has 0 fully saturated rings. The van der Waals surface area contributed by atoms with E-state index in [-0.39, 0.29) is 16.7 Å². The number of benzene rings is 1. The number of Topliss-reactive ketones (excluding diaryl/α,β-unsaturated/α-hetero) is 1. The second kappa shape index (κ2) is 4.96. The molecule has 1 aromatic rings. The highest BCUT2D eigenvalue weighted by atomic mass is 32.2. The molecule has 0 unspecified atom stereocenters. The Bertz CT molecular complexity index is 358. The maximum Gasteiger partial charge on any atom is 0.186 e. The van der Waals surface area contributed by atoms with Crippen LogP contribution in [0.3, 0.4) is 0 Å². The highest BCUT2D eigenvalue weighted by Gasteiger charge is 2.06. The van der Waals surface area contributed by atoms with E-state index in [1.807, 2.05) is 25.1 Å². The fourth-order valence-corrected chi connectivity index (χ4v) is 1.57. The maximum absolute atomic E-state index is 11.5. The molecule has 0 aliphatic heterocycles. The summed E-state index contributed by atoms with van der Waals surface area (Å²) < 4.78 is 0. The van der Waals surface area contributed by atoms with Crippen LogP contribution in [0.15, 0.2) is 24.3 Å². The van der Waals surface area contributed by atoms with E-state index in [1.165, 1.54) is 6.92 Å². The van der Waals surface area contributed by atoms with Crippen molar-refractivity contribution in [3.05, 3.63) is 35.4 Å². The van der Waals surface area contributed by atoms with Crippen molar-refractivity contribution in [2.75, 3.05) is 5.75 Å². The average molecular weight is 208 g/mol. The van der Waals surface area contributed by atoms with Gasteiger partial charge in [-0.3, -0.25) is 9.59 Å². The second-order valence-corrected chi connectivity index (χ2v) is 4.23. The van der Waals surface area contributed by atoms with Gasteiger partial charge in [0.05, 0.1) is 5.75 Å². The summed E-state index contributed by atoms with van der Waals surface area (Å²) >= 11 is 1.05. The van der Waals surface area contributed by atoms with Crippen molar-refractivity contribution in [1.29, 1.82) is 0 Å². The minimum absolute atomic E-state index is 0.00824. The van der Waals surface area contributed by atoms with Crippen molar-refractivity contribution >= 4 is 22.7 Å². The Morgan fingerprint density at radius 2 is 2.07 bits per heavy atom. The Labute approximate surface area is 87.7 Å². The molecule has 1 aromatic carbocycles. The van der Waals surface area contributed by atoms with Crippen LogP contribution < -0.4 is 0 Å². The Kier molecular flexibility index (Phi) is 3.89. The predicted octanol–water partition coefficient (Wildman–Crippen LogP) is 2.46. The zero-order valence-corrected chi connectivity index (χ0v) is 9.06. The van der Waals surface area contributed by atoms with Gasteiger partial charge in [-0.2, -0.15) is 0 Å². The van der Waals surface area contributed by atoms with Crippen molar-refractivity contribution < 1.29 is 9.59 Å². The fourth-order valence-electron chi connectivity index (χ4n) is 1.07. The van der Waals surface area contributed by atoms with E-state index >= 15 is 0 Å². The number of carbonyl (C=O) groups excluding carboxylic acids is 2. The SMILES string of the molecule is CC(=O)SCC(=O)c1cccc(C)c1. The lowest BCUT2D eigenvalue weighted by molar-refractivity contribution is -0.109. The average Bonchev–Trinajstić information content (AvgIpc) is 2.14. The molecule has 0 radical (unpaired) electrons. The van der Waals surface area contributed by atoms with Gasteiger partial charge in [-0.05, 0) is 13.0 Å². The number of rotatable bonds is 3. The van der Waals surface area contributed by atoms with Crippen LogP contribution >= 0.6 is 11.8 Å². The number of carbonyl (C=O) groups is 2. The van der Waals surface area contributed by atoms with Gasteiger partial charge in [-0.15, -0.1) is 0 Å². The molecular formula is C11H12O2S. The van der Waals surface area contributed by atoms with Crippen molar-refractivity contribution in [2.24, 2.45) is 0 Å². The van der Waals surface area contributed by atoms with Gasteiger partial charge in [0, 0.05) is 12.5 Å². The predicted molar refractivity (Wildman–Crippen MR) is 58.6 cm³/mol. The van der Waals surface area contributed by atoms with Crippen LogP contribution in [0.5, 0.6) is 0 Å². The molecule has 0 aliphatic rings. The number of thioether (sulfide) groups is 1. The summed E-state index contributed by atoms with van der Waals surface area (Å²) in [4.78, 5) is 22.2. The molecule has 2 nitrogen and oxygen atoms in total. The first kappa shape index (κ1) is 11.0. The molecule has 0 spiro atoms. The van der Waals surface area contributed by atoms with Crippen LogP contribution in [0.1, 0.15) is 22.8 Å². The zero-order valence-electron chi connectivity index (χ0n) is 8.24. The molecule has 0 bridgehead atoms. The fraction of sp³-hybridized carbons (Fsp3) is 0.273. The van der Waals surface area contributed by atoms with Gasteiger partial charge in [0.15, 0.2) is 10.9 Å². The van der Waals surface area contributed by atoms with E-state index in [0.29, 0.717) is 5.56 Å². The summed E-state index contributed by atoms with van der Waals surface area (Å²) in [5.41, 5.74) is 1.74. The molecule has 0 saturated carbocycles. The largest absolute Gasteiger partial charge is 0.293 e. The molecule has 0 heterocycles. The van der Waals surface area contributed by atoms with Crippen molar-refractivity contribution in [3.8, 4) is 0 Å². The lowest BCUT2D eigenvalue weighted by atomic mass is 10.1. The van der Waals surface area contributed by atoms with E-state index in [1.54, 1.807) is 6.07 Å². The summed E-state index contributed by atoms with van der Waals surface area (Å²) in [5, 5.41) is -0.0222.